The predicted molar refractivity (Wildman–Crippen MR) is 127 cm³/mol. The molecule has 1 aliphatic rings. The van der Waals surface area contributed by atoms with E-state index in [1.54, 1.807) is 24.9 Å². The Hall–Kier alpha value is -2.54. The van der Waals surface area contributed by atoms with Crippen LogP contribution in [0.1, 0.15) is 46.3 Å². The average Bonchev–Trinajstić information content (AvgIpc) is 2.81. The number of rotatable bonds is 7. The smallest absolute Gasteiger partial charge is 0.253 e. The second-order valence-corrected chi connectivity index (χ2v) is 8.54. The molecule has 2 aromatic rings. The number of likely N-dealkylation sites (tertiary alicyclic amines) is 1. The topological polar surface area (TPSA) is 56.7 Å². The number of piperidine rings is 1. The number of carbonyl (C=O) groups is 1. The summed E-state index contributed by atoms with van der Waals surface area (Å²) >= 11 is 1.67. The Morgan fingerprint density at radius 2 is 1.84 bits per heavy atom. The highest BCUT2D eigenvalue weighted by atomic mass is 32.2. The molecule has 0 spiro atoms. The summed E-state index contributed by atoms with van der Waals surface area (Å²) in [6.07, 6.45) is 5.38. The molecule has 0 radical (unpaired) electrons. The van der Waals surface area contributed by atoms with Crippen molar-refractivity contribution < 1.29 is 9.18 Å². The first-order chi connectivity index (χ1) is 15.1. The summed E-state index contributed by atoms with van der Waals surface area (Å²) in [5.74, 6) is 1.32. The minimum absolute atomic E-state index is 0.113. The number of guanidine groups is 1. The lowest BCUT2D eigenvalue weighted by molar-refractivity contribution is 0.0724. The number of hydrogen-bond donors (Lipinski definition) is 2. The molecule has 0 saturated carbocycles. The van der Waals surface area contributed by atoms with E-state index in [9.17, 15) is 9.18 Å². The molecular weight excluding hydrogens is 411 g/mol. The quantitative estimate of drug-likeness (QED) is 0.499. The van der Waals surface area contributed by atoms with Gasteiger partial charge in [0.1, 0.15) is 5.82 Å². The van der Waals surface area contributed by atoms with Gasteiger partial charge in [-0.1, -0.05) is 18.2 Å². The van der Waals surface area contributed by atoms with Gasteiger partial charge in [-0.05, 0) is 66.5 Å². The van der Waals surface area contributed by atoms with Crippen molar-refractivity contribution in [2.24, 2.45) is 4.99 Å². The number of aliphatic imine (C=N–C) groups is 1. The maximum atomic E-state index is 13.6. The van der Waals surface area contributed by atoms with Gasteiger partial charge in [0.25, 0.3) is 5.91 Å². The second-order valence-electron chi connectivity index (χ2n) is 7.68. The molecule has 0 aromatic heterocycles. The molecular formula is C24H31FN4OS. The van der Waals surface area contributed by atoms with Gasteiger partial charge < -0.3 is 15.5 Å². The fourth-order valence-corrected chi connectivity index (χ4v) is 4.32. The van der Waals surface area contributed by atoms with E-state index in [-0.39, 0.29) is 11.7 Å². The van der Waals surface area contributed by atoms with Crippen LogP contribution in [0.2, 0.25) is 0 Å². The Balaban J connectivity index is 1.57. The summed E-state index contributed by atoms with van der Waals surface area (Å²) < 4.78 is 13.6. The van der Waals surface area contributed by atoms with Crippen molar-refractivity contribution in [2.75, 3.05) is 26.4 Å². The first-order valence-corrected chi connectivity index (χ1v) is 12.1. The predicted octanol–water partition coefficient (Wildman–Crippen LogP) is 4.18. The maximum Gasteiger partial charge on any atom is 0.253 e. The van der Waals surface area contributed by atoms with Crippen molar-refractivity contribution in [2.45, 2.75) is 38.1 Å². The van der Waals surface area contributed by atoms with E-state index < -0.39 is 0 Å². The van der Waals surface area contributed by atoms with E-state index in [0.717, 1.165) is 53.9 Å². The van der Waals surface area contributed by atoms with Crippen LogP contribution >= 0.6 is 11.8 Å². The molecule has 5 nitrogen and oxygen atoms in total. The molecule has 0 unspecified atom stereocenters. The highest BCUT2D eigenvalue weighted by molar-refractivity contribution is 7.97. The fourth-order valence-electron chi connectivity index (χ4n) is 3.74. The van der Waals surface area contributed by atoms with Gasteiger partial charge >= 0.3 is 0 Å². The van der Waals surface area contributed by atoms with Gasteiger partial charge in [0, 0.05) is 44.5 Å². The van der Waals surface area contributed by atoms with Crippen molar-refractivity contribution in [1.29, 1.82) is 0 Å². The number of hydrogen-bond acceptors (Lipinski definition) is 3. The van der Waals surface area contributed by atoms with E-state index in [0.29, 0.717) is 19.0 Å². The van der Waals surface area contributed by atoms with E-state index in [4.69, 9.17) is 0 Å². The van der Waals surface area contributed by atoms with Crippen molar-refractivity contribution in [3.05, 3.63) is 70.5 Å². The van der Waals surface area contributed by atoms with Crippen molar-refractivity contribution in [3.8, 4) is 0 Å². The van der Waals surface area contributed by atoms with Crippen LogP contribution in [-0.2, 0) is 18.8 Å². The van der Waals surface area contributed by atoms with E-state index >= 15 is 0 Å². The van der Waals surface area contributed by atoms with Crippen molar-refractivity contribution >= 4 is 23.6 Å². The molecule has 3 rings (SSSR count). The third-order valence-electron chi connectivity index (χ3n) is 5.42. The van der Waals surface area contributed by atoms with Gasteiger partial charge in [0.15, 0.2) is 5.96 Å². The molecule has 0 atom stereocenters. The molecule has 7 heteroatoms. The van der Waals surface area contributed by atoms with Crippen LogP contribution in [-0.4, -0.2) is 43.2 Å². The average molecular weight is 443 g/mol. The first-order valence-electron chi connectivity index (χ1n) is 10.7. The Morgan fingerprint density at radius 1 is 1.06 bits per heavy atom. The van der Waals surface area contributed by atoms with Crippen LogP contribution in [0.25, 0.3) is 0 Å². The highest BCUT2D eigenvalue weighted by Gasteiger charge is 2.18. The summed E-state index contributed by atoms with van der Waals surface area (Å²) in [5.41, 5.74) is 3.79. The Kier molecular flexibility index (Phi) is 8.76. The molecule has 0 bridgehead atoms. The zero-order valence-electron chi connectivity index (χ0n) is 18.3. The zero-order chi connectivity index (χ0) is 22.1. The molecule has 0 aliphatic carbocycles. The highest BCUT2D eigenvalue weighted by Crippen LogP contribution is 2.17. The summed E-state index contributed by atoms with van der Waals surface area (Å²) in [6.45, 7) is 2.81. The van der Waals surface area contributed by atoms with Crippen LogP contribution in [0.3, 0.4) is 0 Å². The van der Waals surface area contributed by atoms with Crippen LogP contribution in [0.15, 0.2) is 47.5 Å². The summed E-state index contributed by atoms with van der Waals surface area (Å²) in [5, 5.41) is 6.59. The van der Waals surface area contributed by atoms with Crippen LogP contribution < -0.4 is 10.6 Å². The third-order valence-corrected chi connectivity index (χ3v) is 6.01. The van der Waals surface area contributed by atoms with Crippen LogP contribution in [0, 0.1) is 5.82 Å². The molecule has 2 N–H and O–H groups in total. The third kappa shape index (κ3) is 6.72. The second kappa shape index (κ2) is 11.7. The number of thioether (sulfide) groups is 1. The minimum atomic E-state index is -0.214. The molecule has 1 amide bonds. The monoisotopic (exact) mass is 442 g/mol. The first kappa shape index (κ1) is 23.1. The van der Waals surface area contributed by atoms with E-state index in [1.807, 2.05) is 41.5 Å². The Labute approximate surface area is 188 Å². The number of nitrogens with one attached hydrogen (secondary N) is 2. The summed E-state index contributed by atoms with van der Waals surface area (Å²) in [4.78, 5) is 19.0. The molecule has 1 aliphatic heterocycles. The summed E-state index contributed by atoms with van der Waals surface area (Å²) in [6, 6.07) is 12.7. The Bertz CT molecular complexity index is 912. The van der Waals surface area contributed by atoms with Gasteiger partial charge in [0.2, 0.25) is 0 Å². The van der Waals surface area contributed by atoms with Gasteiger partial charge in [-0.2, -0.15) is 11.8 Å². The molecule has 1 heterocycles. The lowest BCUT2D eigenvalue weighted by atomic mass is 10.1. The van der Waals surface area contributed by atoms with Gasteiger partial charge in [-0.15, -0.1) is 0 Å². The number of halogens is 1. The fraction of sp³-hybridized carbons (Fsp3) is 0.417. The molecule has 166 valence electrons. The standard InChI is InChI=1S/C24H31FN4OS/c1-26-24(28-16-20-9-10-22(25)14-21(20)17-31-2)27-15-18-7-6-8-19(13-18)23(30)29-11-4-3-5-12-29/h6-10,13-14H,3-5,11-12,15-17H2,1-2H3,(H2,26,27,28). The van der Waals surface area contributed by atoms with E-state index in [1.165, 1.54) is 12.5 Å². The maximum absolute atomic E-state index is 13.6. The zero-order valence-corrected chi connectivity index (χ0v) is 19.1. The molecule has 2 aromatic carbocycles. The molecule has 1 saturated heterocycles. The van der Waals surface area contributed by atoms with Crippen molar-refractivity contribution in [3.63, 3.8) is 0 Å². The van der Waals surface area contributed by atoms with Crippen LogP contribution in [0.4, 0.5) is 4.39 Å². The van der Waals surface area contributed by atoms with Crippen molar-refractivity contribution in [1.82, 2.24) is 15.5 Å². The number of benzene rings is 2. The normalized spacial score (nSPS) is 14.4. The molecule has 31 heavy (non-hydrogen) atoms. The summed E-state index contributed by atoms with van der Waals surface area (Å²) in [7, 11) is 1.72. The minimum Gasteiger partial charge on any atom is -0.352 e. The SMILES string of the molecule is CN=C(NCc1cccc(C(=O)N2CCCCC2)c1)NCc1ccc(F)cc1CSC. The largest absolute Gasteiger partial charge is 0.352 e. The van der Waals surface area contributed by atoms with Gasteiger partial charge in [-0.3, -0.25) is 9.79 Å². The lowest BCUT2D eigenvalue weighted by Crippen LogP contribution is -2.37. The lowest BCUT2D eigenvalue weighted by Gasteiger charge is -2.26. The number of amides is 1. The number of carbonyl (C=O) groups excluding carboxylic acids is 1. The van der Waals surface area contributed by atoms with E-state index in [2.05, 4.69) is 15.6 Å². The molecule has 1 fully saturated rings. The number of nitrogens with zero attached hydrogens (tertiary/aromatic N) is 2. The Morgan fingerprint density at radius 3 is 2.58 bits per heavy atom. The van der Waals surface area contributed by atoms with Gasteiger partial charge in [-0.25, -0.2) is 4.39 Å². The van der Waals surface area contributed by atoms with Crippen LogP contribution in [0.5, 0.6) is 0 Å². The van der Waals surface area contributed by atoms with Gasteiger partial charge in [0.05, 0.1) is 0 Å².